The van der Waals surface area contributed by atoms with E-state index < -0.39 is 0 Å². The lowest BCUT2D eigenvalue weighted by molar-refractivity contribution is 0.0937. The Labute approximate surface area is 127 Å². The number of hydrogen-bond acceptors (Lipinski definition) is 4. The molecule has 1 atom stereocenters. The van der Waals surface area contributed by atoms with Crippen LogP contribution < -0.4 is 10.6 Å². The lowest BCUT2D eigenvalue weighted by Gasteiger charge is -2.29. The minimum Gasteiger partial charge on any atom is -0.385 e. The number of aromatic nitrogens is 1. The summed E-state index contributed by atoms with van der Waals surface area (Å²) in [6.45, 7) is 7.71. The van der Waals surface area contributed by atoms with Crippen molar-refractivity contribution in [2.75, 3.05) is 38.5 Å². The van der Waals surface area contributed by atoms with E-state index in [2.05, 4.69) is 27.6 Å². The minimum atomic E-state index is -0.0355. The van der Waals surface area contributed by atoms with Crippen molar-refractivity contribution < 1.29 is 4.79 Å². The van der Waals surface area contributed by atoms with E-state index in [0.29, 0.717) is 11.5 Å². The van der Waals surface area contributed by atoms with Gasteiger partial charge in [0.1, 0.15) is 0 Å². The first-order valence-electron chi connectivity index (χ1n) is 7.77. The summed E-state index contributed by atoms with van der Waals surface area (Å²) >= 11 is 0. The number of nitrogens with zero attached hydrogens (tertiary/aromatic N) is 2. The SMILES string of the molecule is CCNc1cc(C)ncc1C(=O)NCC1CCCN(C)C1. The van der Waals surface area contributed by atoms with Gasteiger partial charge in [0.15, 0.2) is 0 Å². The Balaban J connectivity index is 1.96. The molecule has 1 aromatic rings. The van der Waals surface area contributed by atoms with Crippen molar-refractivity contribution in [3.63, 3.8) is 0 Å². The van der Waals surface area contributed by atoms with Crippen LogP contribution in [-0.2, 0) is 0 Å². The highest BCUT2D eigenvalue weighted by Gasteiger charge is 2.19. The van der Waals surface area contributed by atoms with Crippen LogP contribution in [0.4, 0.5) is 5.69 Å². The fraction of sp³-hybridized carbons (Fsp3) is 0.625. The number of amides is 1. The molecule has 1 aromatic heterocycles. The molecule has 0 bridgehead atoms. The molecule has 5 heteroatoms. The first-order valence-corrected chi connectivity index (χ1v) is 7.77. The Hall–Kier alpha value is -1.62. The molecule has 0 saturated carbocycles. The predicted octanol–water partition coefficient (Wildman–Crippen LogP) is 1.89. The van der Waals surface area contributed by atoms with Crippen molar-refractivity contribution >= 4 is 11.6 Å². The second-order valence-corrected chi connectivity index (χ2v) is 5.88. The van der Waals surface area contributed by atoms with E-state index in [1.165, 1.54) is 12.8 Å². The van der Waals surface area contributed by atoms with Crippen molar-refractivity contribution in [3.05, 3.63) is 23.5 Å². The van der Waals surface area contributed by atoms with Crippen LogP contribution in [0.3, 0.4) is 0 Å². The van der Waals surface area contributed by atoms with Crippen LogP contribution >= 0.6 is 0 Å². The third-order valence-electron chi connectivity index (χ3n) is 3.93. The Morgan fingerprint density at radius 1 is 1.52 bits per heavy atom. The molecule has 1 fully saturated rings. The zero-order chi connectivity index (χ0) is 15.2. The fourth-order valence-corrected chi connectivity index (χ4v) is 2.85. The van der Waals surface area contributed by atoms with E-state index in [0.717, 1.165) is 37.6 Å². The third-order valence-corrected chi connectivity index (χ3v) is 3.93. The lowest BCUT2D eigenvalue weighted by Crippen LogP contribution is -2.39. The maximum absolute atomic E-state index is 12.4. The number of aryl methyl sites for hydroxylation is 1. The lowest BCUT2D eigenvalue weighted by atomic mass is 9.98. The van der Waals surface area contributed by atoms with Crippen molar-refractivity contribution in [1.82, 2.24) is 15.2 Å². The standard InChI is InChI=1S/C16H26N4O/c1-4-17-15-8-12(2)18-10-14(15)16(21)19-9-13-6-5-7-20(3)11-13/h8,10,13H,4-7,9,11H2,1-3H3,(H,17,18)(H,19,21). The van der Waals surface area contributed by atoms with E-state index in [1.54, 1.807) is 6.20 Å². The summed E-state index contributed by atoms with van der Waals surface area (Å²) in [5.41, 5.74) is 2.41. The highest BCUT2D eigenvalue weighted by Crippen LogP contribution is 2.17. The van der Waals surface area contributed by atoms with Gasteiger partial charge in [0.25, 0.3) is 5.91 Å². The molecule has 2 heterocycles. The molecular weight excluding hydrogens is 264 g/mol. The Morgan fingerprint density at radius 3 is 3.05 bits per heavy atom. The maximum Gasteiger partial charge on any atom is 0.254 e. The van der Waals surface area contributed by atoms with Crippen LogP contribution in [-0.4, -0.2) is 49.0 Å². The van der Waals surface area contributed by atoms with Crippen molar-refractivity contribution in [2.24, 2.45) is 5.92 Å². The first kappa shape index (κ1) is 15.8. The molecule has 1 unspecified atom stereocenters. The molecular formula is C16H26N4O. The average Bonchev–Trinajstić information content (AvgIpc) is 2.45. The van der Waals surface area contributed by atoms with Gasteiger partial charge in [-0.2, -0.15) is 0 Å². The number of hydrogen-bond donors (Lipinski definition) is 2. The summed E-state index contributed by atoms with van der Waals surface area (Å²) in [7, 11) is 2.14. The summed E-state index contributed by atoms with van der Waals surface area (Å²) in [4.78, 5) is 18.9. The number of piperidine rings is 1. The molecule has 116 valence electrons. The van der Waals surface area contributed by atoms with E-state index in [1.807, 2.05) is 19.9 Å². The average molecular weight is 290 g/mol. The van der Waals surface area contributed by atoms with Gasteiger partial charge < -0.3 is 15.5 Å². The van der Waals surface area contributed by atoms with Gasteiger partial charge in [-0.25, -0.2) is 0 Å². The molecule has 0 aromatic carbocycles. The van der Waals surface area contributed by atoms with Crippen LogP contribution in [0.2, 0.25) is 0 Å². The van der Waals surface area contributed by atoms with Crippen LogP contribution in [0.5, 0.6) is 0 Å². The topological polar surface area (TPSA) is 57.3 Å². The van der Waals surface area contributed by atoms with Crippen LogP contribution in [0.1, 0.15) is 35.8 Å². The molecule has 1 aliphatic heterocycles. The Morgan fingerprint density at radius 2 is 2.33 bits per heavy atom. The molecule has 0 aliphatic carbocycles. The first-order chi connectivity index (χ1) is 10.1. The quantitative estimate of drug-likeness (QED) is 0.869. The molecule has 1 saturated heterocycles. The molecule has 2 N–H and O–H groups in total. The van der Waals surface area contributed by atoms with Crippen LogP contribution in [0, 0.1) is 12.8 Å². The summed E-state index contributed by atoms with van der Waals surface area (Å²) in [6.07, 6.45) is 4.07. The smallest absolute Gasteiger partial charge is 0.254 e. The molecule has 2 rings (SSSR count). The number of likely N-dealkylation sites (tertiary alicyclic amines) is 1. The van der Waals surface area contributed by atoms with E-state index >= 15 is 0 Å². The number of pyridine rings is 1. The Bertz CT molecular complexity index is 489. The second kappa shape index (κ2) is 7.41. The summed E-state index contributed by atoms with van der Waals surface area (Å²) < 4.78 is 0. The van der Waals surface area contributed by atoms with Gasteiger partial charge in [-0.15, -0.1) is 0 Å². The molecule has 5 nitrogen and oxygen atoms in total. The van der Waals surface area contributed by atoms with Gasteiger partial charge in [-0.05, 0) is 52.3 Å². The number of rotatable bonds is 5. The van der Waals surface area contributed by atoms with Crippen LogP contribution in [0.15, 0.2) is 12.3 Å². The third kappa shape index (κ3) is 4.43. The largest absolute Gasteiger partial charge is 0.385 e. The highest BCUT2D eigenvalue weighted by molar-refractivity contribution is 5.99. The molecule has 0 radical (unpaired) electrons. The number of carbonyl (C=O) groups is 1. The fourth-order valence-electron chi connectivity index (χ4n) is 2.85. The molecule has 1 amide bonds. The van der Waals surface area contributed by atoms with Crippen molar-refractivity contribution in [1.29, 1.82) is 0 Å². The van der Waals surface area contributed by atoms with E-state index in [-0.39, 0.29) is 5.91 Å². The molecule has 21 heavy (non-hydrogen) atoms. The van der Waals surface area contributed by atoms with E-state index in [9.17, 15) is 4.79 Å². The van der Waals surface area contributed by atoms with Crippen LogP contribution in [0.25, 0.3) is 0 Å². The van der Waals surface area contributed by atoms with Crippen molar-refractivity contribution in [3.8, 4) is 0 Å². The summed E-state index contributed by atoms with van der Waals surface area (Å²) in [6, 6.07) is 1.92. The monoisotopic (exact) mass is 290 g/mol. The minimum absolute atomic E-state index is 0.0355. The van der Waals surface area contributed by atoms with Gasteiger partial charge in [0, 0.05) is 31.5 Å². The zero-order valence-corrected chi connectivity index (χ0v) is 13.3. The highest BCUT2D eigenvalue weighted by atomic mass is 16.1. The van der Waals surface area contributed by atoms with Gasteiger partial charge >= 0.3 is 0 Å². The number of nitrogens with one attached hydrogen (secondary N) is 2. The van der Waals surface area contributed by atoms with E-state index in [4.69, 9.17) is 0 Å². The normalized spacial score (nSPS) is 19.3. The zero-order valence-electron chi connectivity index (χ0n) is 13.3. The second-order valence-electron chi connectivity index (χ2n) is 5.88. The molecule has 0 spiro atoms. The van der Waals surface area contributed by atoms with Gasteiger partial charge in [-0.3, -0.25) is 9.78 Å². The predicted molar refractivity (Wildman–Crippen MR) is 85.7 cm³/mol. The number of anilines is 1. The summed E-state index contributed by atoms with van der Waals surface area (Å²) in [5.74, 6) is 0.514. The van der Waals surface area contributed by atoms with Crippen molar-refractivity contribution in [2.45, 2.75) is 26.7 Å². The Kier molecular flexibility index (Phi) is 5.56. The summed E-state index contributed by atoms with van der Waals surface area (Å²) in [5, 5.41) is 6.30. The number of carbonyl (C=O) groups excluding carboxylic acids is 1. The van der Waals surface area contributed by atoms with Gasteiger partial charge in [0.05, 0.1) is 11.3 Å². The molecule has 1 aliphatic rings. The maximum atomic E-state index is 12.4. The van der Waals surface area contributed by atoms with Gasteiger partial charge in [-0.1, -0.05) is 0 Å². The van der Waals surface area contributed by atoms with Gasteiger partial charge in [0.2, 0.25) is 0 Å².